The van der Waals surface area contributed by atoms with Crippen LogP contribution in [0.1, 0.15) is 24.0 Å². The number of anilines is 1. The number of nitrogens with zero attached hydrogens (tertiary/aromatic N) is 4. The summed E-state index contributed by atoms with van der Waals surface area (Å²) in [5.41, 5.74) is 3.10. The summed E-state index contributed by atoms with van der Waals surface area (Å²) >= 11 is 1.48. The average Bonchev–Trinajstić information content (AvgIpc) is 3.47. The van der Waals surface area contributed by atoms with Crippen molar-refractivity contribution < 1.29 is 17.9 Å². The molecule has 2 heterocycles. The number of fused-ring (bicyclic) bond motifs is 1. The summed E-state index contributed by atoms with van der Waals surface area (Å²) in [6.07, 6.45) is 1.11. The van der Waals surface area contributed by atoms with Gasteiger partial charge in [0.05, 0.1) is 22.2 Å². The Kier molecular flexibility index (Phi) is 7.46. The summed E-state index contributed by atoms with van der Waals surface area (Å²) in [5, 5.41) is 0.606. The van der Waals surface area contributed by atoms with Crippen molar-refractivity contribution in [2.45, 2.75) is 37.6 Å². The normalized spacial score (nSPS) is 16.8. The van der Waals surface area contributed by atoms with Crippen molar-refractivity contribution >= 4 is 42.6 Å². The highest BCUT2D eigenvalue weighted by Crippen LogP contribution is 2.34. The molecule has 1 unspecified atom stereocenters. The van der Waals surface area contributed by atoms with Gasteiger partial charge in [0.2, 0.25) is 15.9 Å². The maximum absolute atomic E-state index is 13.9. The molecule has 3 aromatic rings. The highest BCUT2D eigenvalue weighted by Gasteiger charge is 2.42. The second-order valence-electron chi connectivity index (χ2n) is 9.17. The quantitative estimate of drug-likeness (QED) is 0.454. The molecule has 188 valence electrons. The number of sulfonamides is 1. The van der Waals surface area contributed by atoms with E-state index in [1.165, 1.54) is 34.9 Å². The van der Waals surface area contributed by atoms with Gasteiger partial charge in [0.25, 0.3) is 0 Å². The van der Waals surface area contributed by atoms with Gasteiger partial charge >= 0.3 is 0 Å². The minimum atomic E-state index is -3.84. The SMILES string of the molecule is COc1ccc(S(=O)(=O)N2CCCC2C(=O)N(CCN(C)C)c2nc3cc(C)cc(C)c3s2)cc1. The molecule has 10 heteroatoms. The fourth-order valence-electron chi connectivity index (χ4n) is 4.42. The van der Waals surface area contributed by atoms with Crippen LogP contribution in [0.3, 0.4) is 0 Å². The molecule has 1 amide bonds. The van der Waals surface area contributed by atoms with Crippen LogP contribution in [0, 0.1) is 13.8 Å². The Morgan fingerprint density at radius 2 is 1.89 bits per heavy atom. The van der Waals surface area contributed by atoms with Gasteiger partial charge in [-0.15, -0.1) is 0 Å². The summed E-state index contributed by atoms with van der Waals surface area (Å²) in [5.74, 6) is 0.351. The van der Waals surface area contributed by atoms with Crippen LogP contribution in [0.4, 0.5) is 5.13 Å². The molecule has 0 N–H and O–H groups in total. The number of thiazole rings is 1. The van der Waals surface area contributed by atoms with Crippen LogP contribution in [0.15, 0.2) is 41.3 Å². The lowest BCUT2D eigenvalue weighted by Crippen LogP contribution is -2.49. The summed E-state index contributed by atoms with van der Waals surface area (Å²) in [6.45, 7) is 5.45. The number of amides is 1. The number of rotatable bonds is 8. The van der Waals surface area contributed by atoms with Crippen molar-refractivity contribution in [1.82, 2.24) is 14.2 Å². The number of hydrogen-bond acceptors (Lipinski definition) is 7. The first kappa shape index (κ1) is 25.6. The largest absolute Gasteiger partial charge is 0.497 e. The molecule has 1 aliphatic rings. The summed E-state index contributed by atoms with van der Waals surface area (Å²) < 4.78 is 34.5. The Labute approximate surface area is 211 Å². The monoisotopic (exact) mass is 516 g/mol. The van der Waals surface area contributed by atoms with Crippen molar-refractivity contribution in [3.8, 4) is 5.75 Å². The molecule has 1 aliphatic heterocycles. The van der Waals surface area contributed by atoms with Crippen LogP contribution in [-0.4, -0.2) is 75.4 Å². The number of aromatic nitrogens is 1. The van der Waals surface area contributed by atoms with E-state index in [2.05, 4.69) is 6.07 Å². The number of hydrogen-bond donors (Lipinski definition) is 0. The minimum Gasteiger partial charge on any atom is -0.497 e. The third-order valence-corrected chi connectivity index (χ3v) is 9.38. The Bertz CT molecular complexity index is 1320. The van der Waals surface area contributed by atoms with Crippen LogP contribution < -0.4 is 9.64 Å². The minimum absolute atomic E-state index is 0.156. The van der Waals surface area contributed by atoms with Crippen LogP contribution in [0.5, 0.6) is 5.75 Å². The van der Waals surface area contributed by atoms with Crippen molar-refractivity contribution in [2.75, 3.05) is 45.7 Å². The maximum atomic E-state index is 13.9. The van der Waals surface area contributed by atoms with Gasteiger partial charge in [-0.3, -0.25) is 9.69 Å². The molecule has 8 nitrogen and oxygen atoms in total. The van der Waals surface area contributed by atoms with Crippen molar-refractivity contribution in [3.63, 3.8) is 0 Å². The van der Waals surface area contributed by atoms with Gasteiger partial charge in [-0.1, -0.05) is 17.4 Å². The maximum Gasteiger partial charge on any atom is 0.247 e. The summed E-state index contributed by atoms with van der Waals surface area (Å²) in [7, 11) is 1.59. The number of ether oxygens (including phenoxy) is 1. The first-order valence-corrected chi connectivity index (χ1v) is 13.9. The molecule has 35 heavy (non-hydrogen) atoms. The third-order valence-electron chi connectivity index (χ3n) is 6.23. The molecule has 0 radical (unpaired) electrons. The second-order valence-corrected chi connectivity index (χ2v) is 12.0. The Morgan fingerprint density at radius 3 is 2.54 bits per heavy atom. The third kappa shape index (κ3) is 5.20. The van der Waals surface area contributed by atoms with Gasteiger partial charge in [0, 0.05) is 19.6 Å². The van der Waals surface area contributed by atoms with E-state index >= 15 is 0 Å². The van der Waals surface area contributed by atoms with E-state index in [9.17, 15) is 13.2 Å². The molecule has 0 saturated carbocycles. The molecular formula is C25H32N4O4S2. The number of carbonyl (C=O) groups is 1. The van der Waals surface area contributed by atoms with Gasteiger partial charge in [-0.05, 0) is 82.2 Å². The standard InChI is InChI=1S/C25H32N4O4S2/c1-17-15-18(2)23-21(16-17)26-25(34-23)28(14-13-27(3)4)24(30)22-7-6-12-29(22)35(31,32)20-10-8-19(33-5)9-11-20/h8-11,15-16,22H,6-7,12-14H2,1-5H3. The van der Waals surface area contributed by atoms with Crippen molar-refractivity contribution in [2.24, 2.45) is 0 Å². The van der Waals surface area contributed by atoms with Gasteiger partial charge in [0.1, 0.15) is 11.8 Å². The van der Waals surface area contributed by atoms with Crippen molar-refractivity contribution in [1.29, 1.82) is 0 Å². The molecule has 1 fully saturated rings. The first-order valence-electron chi connectivity index (χ1n) is 11.6. The first-order chi connectivity index (χ1) is 16.6. The average molecular weight is 517 g/mol. The topological polar surface area (TPSA) is 83.0 Å². The molecule has 1 atom stereocenters. The lowest BCUT2D eigenvalue weighted by Gasteiger charge is -2.29. The van der Waals surface area contributed by atoms with Gasteiger partial charge < -0.3 is 9.64 Å². The molecule has 1 saturated heterocycles. The second kappa shape index (κ2) is 10.2. The summed E-state index contributed by atoms with van der Waals surface area (Å²) in [6, 6.07) is 9.65. The van der Waals surface area contributed by atoms with E-state index in [0.717, 1.165) is 21.3 Å². The highest BCUT2D eigenvalue weighted by molar-refractivity contribution is 7.89. The zero-order chi connectivity index (χ0) is 25.3. The Balaban J connectivity index is 1.68. The lowest BCUT2D eigenvalue weighted by atomic mass is 10.1. The van der Waals surface area contributed by atoms with E-state index in [4.69, 9.17) is 9.72 Å². The predicted octanol–water partition coefficient (Wildman–Crippen LogP) is 3.67. The van der Waals surface area contributed by atoms with Crippen molar-refractivity contribution in [3.05, 3.63) is 47.5 Å². The van der Waals surface area contributed by atoms with Crippen LogP contribution in [-0.2, 0) is 14.8 Å². The number of aryl methyl sites for hydroxylation is 2. The molecule has 0 spiro atoms. The smallest absolute Gasteiger partial charge is 0.247 e. The fourth-order valence-corrected chi connectivity index (χ4v) is 7.12. The number of likely N-dealkylation sites (N-methyl/N-ethyl adjacent to an activating group) is 1. The number of methoxy groups -OCH3 is 1. The Hall–Kier alpha value is -2.53. The molecule has 0 bridgehead atoms. The van der Waals surface area contributed by atoms with E-state index in [1.807, 2.05) is 38.9 Å². The highest BCUT2D eigenvalue weighted by atomic mass is 32.2. The van der Waals surface area contributed by atoms with Gasteiger partial charge in [-0.2, -0.15) is 4.31 Å². The molecule has 2 aromatic carbocycles. The van der Waals surface area contributed by atoms with Crippen LogP contribution in [0.2, 0.25) is 0 Å². The van der Waals surface area contributed by atoms with Gasteiger partial charge in [0.15, 0.2) is 5.13 Å². The number of benzene rings is 2. The molecule has 1 aromatic heterocycles. The van der Waals surface area contributed by atoms with Crippen LogP contribution in [0.25, 0.3) is 10.2 Å². The number of carbonyl (C=O) groups excluding carboxylic acids is 1. The summed E-state index contributed by atoms with van der Waals surface area (Å²) in [4.78, 5) is 22.5. The Morgan fingerprint density at radius 1 is 1.17 bits per heavy atom. The fraction of sp³-hybridized carbons (Fsp3) is 0.440. The van der Waals surface area contributed by atoms with Crippen LogP contribution >= 0.6 is 11.3 Å². The molecule has 4 rings (SSSR count). The van der Waals surface area contributed by atoms with E-state index in [-0.39, 0.29) is 10.8 Å². The zero-order valence-electron chi connectivity index (χ0n) is 20.8. The predicted molar refractivity (Wildman–Crippen MR) is 140 cm³/mol. The zero-order valence-corrected chi connectivity index (χ0v) is 22.4. The van der Waals surface area contributed by atoms with E-state index < -0.39 is 16.1 Å². The van der Waals surface area contributed by atoms with E-state index in [1.54, 1.807) is 17.0 Å². The van der Waals surface area contributed by atoms with Gasteiger partial charge in [-0.25, -0.2) is 13.4 Å². The molecule has 0 aliphatic carbocycles. The molecular weight excluding hydrogens is 484 g/mol. The lowest BCUT2D eigenvalue weighted by molar-refractivity contribution is -0.121. The van der Waals surface area contributed by atoms with E-state index in [0.29, 0.717) is 43.4 Å².